The fraction of sp³-hybridized carbons (Fsp3) is 0.478. The van der Waals surface area contributed by atoms with Crippen molar-refractivity contribution in [2.45, 2.75) is 64.2 Å². The molecule has 2 aliphatic rings. The molecule has 32 heavy (non-hydrogen) atoms. The van der Waals surface area contributed by atoms with E-state index in [1.165, 1.54) is 6.07 Å². The summed E-state index contributed by atoms with van der Waals surface area (Å²) in [6.07, 6.45) is 1.98. The Balaban J connectivity index is 1.55. The van der Waals surface area contributed by atoms with E-state index in [9.17, 15) is 18.0 Å². The lowest BCUT2D eigenvalue weighted by atomic mass is 9.98. The highest BCUT2D eigenvalue weighted by Crippen LogP contribution is 2.44. The lowest BCUT2D eigenvalue weighted by Gasteiger charge is -2.17. The van der Waals surface area contributed by atoms with Crippen molar-refractivity contribution < 1.29 is 18.0 Å². The highest BCUT2D eigenvalue weighted by molar-refractivity contribution is 6.05. The van der Waals surface area contributed by atoms with E-state index in [0.717, 1.165) is 36.6 Å². The zero-order valence-corrected chi connectivity index (χ0v) is 17.9. The van der Waals surface area contributed by atoms with Crippen molar-refractivity contribution >= 4 is 22.8 Å². The Morgan fingerprint density at radius 2 is 1.94 bits per heavy atom. The first-order valence-electron chi connectivity index (χ1n) is 10.9. The van der Waals surface area contributed by atoms with Gasteiger partial charge in [-0.15, -0.1) is 0 Å². The summed E-state index contributed by atoms with van der Waals surface area (Å²) in [5, 5.41) is 0. The van der Waals surface area contributed by atoms with Crippen LogP contribution in [-0.2, 0) is 23.9 Å². The van der Waals surface area contributed by atoms with Gasteiger partial charge in [0, 0.05) is 37.0 Å². The number of nitrogens with zero attached hydrogens (tertiary/aromatic N) is 5. The summed E-state index contributed by atoms with van der Waals surface area (Å²) in [4.78, 5) is 27.7. The van der Waals surface area contributed by atoms with E-state index < -0.39 is 17.8 Å². The van der Waals surface area contributed by atoms with Gasteiger partial charge in [-0.25, -0.2) is 9.97 Å². The second-order valence-corrected chi connectivity index (χ2v) is 9.03. The van der Waals surface area contributed by atoms with Crippen molar-refractivity contribution in [3.8, 4) is 0 Å². The van der Waals surface area contributed by atoms with Gasteiger partial charge in [-0.1, -0.05) is 13.8 Å². The predicted molar refractivity (Wildman–Crippen MR) is 113 cm³/mol. The molecular weight excluding hydrogens is 419 g/mol. The van der Waals surface area contributed by atoms with Gasteiger partial charge in [0.1, 0.15) is 11.5 Å². The lowest BCUT2D eigenvalue weighted by molar-refractivity contribution is -0.141. The van der Waals surface area contributed by atoms with Gasteiger partial charge in [-0.05, 0) is 43.4 Å². The number of alkyl halides is 3. The van der Waals surface area contributed by atoms with Crippen molar-refractivity contribution in [1.29, 1.82) is 0 Å². The number of amides is 1. The summed E-state index contributed by atoms with van der Waals surface area (Å²) < 4.78 is 41.5. The number of fused-ring (bicyclic) bond motifs is 2. The number of imidazole rings is 1. The van der Waals surface area contributed by atoms with Gasteiger partial charge in [-0.2, -0.15) is 13.2 Å². The van der Waals surface area contributed by atoms with Gasteiger partial charge in [0.25, 0.3) is 0 Å². The smallest absolute Gasteiger partial charge is 0.327 e. The Morgan fingerprint density at radius 3 is 2.62 bits per heavy atom. The van der Waals surface area contributed by atoms with E-state index >= 15 is 0 Å². The largest absolute Gasteiger partial charge is 0.433 e. The standard InChI is InChI=1S/C23H24F3N5O/c1-13(2)8-10-30-18-5-6-19(23(24,25)26)28-21(18)29-20(30)11-15-16-12-27-9-7-17(16)31(22(15)32)14-3-4-14/h5-7,9,12-15H,3-4,8,10-11H2,1-2H3. The fourth-order valence-corrected chi connectivity index (χ4v) is 4.40. The minimum atomic E-state index is -4.53. The number of halogens is 3. The predicted octanol–water partition coefficient (Wildman–Crippen LogP) is 4.73. The van der Waals surface area contributed by atoms with Gasteiger partial charge in [0.15, 0.2) is 5.65 Å². The molecular formula is C23H24F3N5O. The Bertz CT molecular complexity index is 1180. The molecule has 1 saturated carbocycles. The third kappa shape index (κ3) is 3.63. The first-order valence-corrected chi connectivity index (χ1v) is 10.9. The van der Waals surface area contributed by atoms with Crippen LogP contribution < -0.4 is 4.90 Å². The van der Waals surface area contributed by atoms with Crippen molar-refractivity contribution in [1.82, 2.24) is 19.5 Å². The molecule has 1 atom stereocenters. The molecule has 3 aromatic rings. The van der Waals surface area contributed by atoms with Crippen LogP contribution in [0.1, 0.15) is 56.1 Å². The van der Waals surface area contributed by atoms with Crippen LogP contribution in [0, 0.1) is 5.92 Å². The van der Waals surface area contributed by atoms with E-state index in [4.69, 9.17) is 0 Å². The van der Waals surface area contributed by atoms with Crippen LogP contribution in [-0.4, -0.2) is 31.5 Å². The zero-order valence-electron chi connectivity index (χ0n) is 17.9. The summed E-state index contributed by atoms with van der Waals surface area (Å²) in [6, 6.07) is 4.52. The van der Waals surface area contributed by atoms with Crippen molar-refractivity contribution in [3.63, 3.8) is 0 Å². The van der Waals surface area contributed by atoms with Crippen LogP contribution in [0.25, 0.3) is 11.2 Å². The number of aromatic nitrogens is 4. The van der Waals surface area contributed by atoms with Crippen LogP contribution >= 0.6 is 0 Å². The summed E-state index contributed by atoms with van der Waals surface area (Å²) in [5.41, 5.74) is 1.41. The third-order valence-corrected chi connectivity index (χ3v) is 6.21. The molecule has 0 bridgehead atoms. The number of rotatable bonds is 6. The van der Waals surface area contributed by atoms with Crippen molar-refractivity contribution in [2.75, 3.05) is 4.90 Å². The van der Waals surface area contributed by atoms with E-state index in [1.807, 2.05) is 15.5 Å². The lowest BCUT2D eigenvalue weighted by Crippen LogP contribution is -2.31. The van der Waals surface area contributed by atoms with E-state index in [-0.39, 0.29) is 17.6 Å². The van der Waals surface area contributed by atoms with Gasteiger partial charge in [-0.3, -0.25) is 9.78 Å². The van der Waals surface area contributed by atoms with Crippen LogP contribution in [0.5, 0.6) is 0 Å². The zero-order chi connectivity index (χ0) is 22.6. The number of hydrogen-bond donors (Lipinski definition) is 0. The molecule has 1 fully saturated rings. The molecule has 4 heterocycles. The molecule has 3 aromatic heterocycles. The van der Waals surface area contributed by atoms with Crippen molar-refractivity contribution in [2.24, 2.45) is 5.92 Å². The first kappa shape index (κ1) is 20.9. The summed E-state index contributed by atoms with van der Waals surface area (Å²) in [7, 11) is 0. The topological polar surface area (TPSA) is 63.9 Å². The maximum absolute atomic E-state index is 13.3. The van der Waals surface area contributed by atoms with E-state index in [0.29, 0.717) is 30.2 Å². The highest BCUT2D eigenvalue weighted by Gasteiger charge is 2.45. The van der Waals surface area contributed by atoms with Crippen LogP contribution in [0.4, 0.5) is 18.9 Å². The number of carbonyl (C=O) groups excluding carboxylic acids is 1. The normalized spacial score (nSPS) is 18.8. The average Bonchev–Trinajstić information content (AvgIpc) is 3.45. The molecule has 0 saturated heterocycles. The number of carbonyl (C=O) groups is 1. The maximum atomic E-state index is 13.3. The molecule has 1 aliphatic carbocycles. The molecule has 9 heteroatoms. The van der Waals surface area contributed by atoms with Gasteiger partial charge in [0.2, 0.25) is 5.91 Å². The SMILES string of the molecule is CC(C)CCn1c(CC2C(=O)N(C3CC3)c3ccncc32)nc2nc(C(F)(F)F)ccc21. The molecule has 0 radical (unpaired) electrons. The van der Waals surface area contributed by atoms with Crippen LogP contribution in [0.3, 0.4) is 0 Å². The van der Waals surface area contributed by atoms with Gasteiger partial charge >= 0.3 is 6.18 Å². The maximum Gasteiger partial charge on any atom is 0.433 e. The Hall–Kier alpha value is -2.97. The fourth-order valence-electron chi connectivity index (χ4n) is 4.40. The average molecular weight is 443 g/mol. The molecule has 168 valence electrons. The van der Waals surface area contributed by atoms with Crippen LogP contribution in [0.15, 0.2) is 30.6 Å². The minimum absolute atomic E-state index is 0.0157. The molecule has 0 aromatic carbocycles. The highest BCUT2D eigenvalue weighted by atomic mass is 19.4. The van der Waals surface area contributed by atoms with Crippen LogP contribution in [0.2, 0.25) is 0 Å². The summed E-state index contributed by atoms with van der Waals surface area (Å²) in [6.45, 7) is 4.78. The number of hydrogen-bond acceptors (Lipinski definition) is 4. The van der Waals surface area contributed by atoms with E-state index in [1.54, 1.807) is 12.4 Å². The minimum Gasteiger partial charge on any atom is -0.327 e. The van der Waals surface area contributed by atoms with Gasteiger partial charge < -0.3 is 9.47 Å². The molecule has 1 amide bonds. The Labute approximate surface area is 183 Å². The van der Waals surface area contributed by atoms with E-state index in [2.05, 4.69) is 28.8 Å². The Kier molecular flexibility index (Phi) is 4.94. The molecule has 1 unspecified atom stereocenters. The molecule has 5 rings (SSSR count). The summed E-state index contributed by atoms with van der Waals surface area (Å²) in [5.74, 6) is 0.558. The molecule has 6 nitrogen and oxygen atoms in total. The number of aryl methyl sites for hydroxylation is 1. The molecule has 0 N–H and O–H groups in total. The number of pyridine rings is 2. The molecule has 0 spiro atoms. The van der Waals surface area contributed by atoms with Crippen molar-refractivity contribution in [3.05, 3.63) is 47.7 Å². The number of anilines is 1. The second kappa shape index (κ2) is 7.56. The second-order valence-electron chi connectivity index (χ2n) is 9.03. The first-order chi connectivity index (χ1) is 15.2. The van der Waals surface area contributed by atoms with Gasteiger partial charge in [0.05, 0.1) is 17.1 Å². The quantitative estimate of drug-likeness (QED) is 0.553. The Morgan fingerprint density at radius 1 is 1.16 bits per heavy atom. The molecule has 1 aliphatic heterocycles. The monoisotopic (exact) mass is 443 g/mol. The summed E-state index contributed by atoms with van der Waals surface area (Å²) >= 11 is 0. The third-order valence-electron chi connectivity index (χ3n) is 6.21.